The van der Waals surface area contributed by atoms with Crippen LogP contribution in [0, 0.1) is 11.7 Å². The van der Waals surface area contributed by atoms with Crippen molar-refractivity contribution < 1.29 is 22.3 Å². The lowest BCUT2D eigenvalue weighted by atomic mass is 9.95. The number of rotatable bonds is 5. The fourth-order valence-electron chi connectivity index (χ4n) is 4.57. The van der Waals surface area contributed by atoms with E-state index in [9.17, 15) is 17.6 Å². The molecule has 2 fully saturated rings. The Hall–Kier alpha value is -2.45. The molecule has 0 saturated carbocycles. The van der Waals surface area contributed by atoms with Gasteiger partial charge in [-0.3, -0.25) is 4.79 Å². The van der Waals surface area contributed by atoms with E-state index in [2.05, 4.69) is 0 Å². The van der Waals surface area contributed by atoms with Gasteiger partial charge in [0.15, 0.2) is 0 Å². The molecule has 2 saturated heterocycles. The third-order valence-electron chi connectivity index (χ3n) is 6.29. The van der Waals surface area contributed by atoms with Gasteiger partial charge in [0.1, 0.15) is 16.5 Å². The van der Waals surface area contributed by atoms with Gasteiger partial charge in [0.05, 0.1) is 13.2 Å². The summed E-state index contributed by atoms with van der Waals surface area (Å²) in [5.74, 6) is -0.102. The summed E-state index contributed by atoms with van der Waals surface area (Å²) in [4.78, 5) is 14.9. The van der Waals surface area contributed by atoms with Crippen LogP contribution in [0.4, 0.5) is 4.39 Å². The Morgan fingerprint density at radius 1 is 1.00 bits per heavy atom. The van der Waals surface area contributed by atoms with E-state index in [1.807, 2.05) is 29.2 Å². The number of sulfonamides is 1. The van der Waals surface area contributed by atoms with Crippen molar-refractivity contribution in [2.75, 3.05) is 26.7 Å². The van der Waals surface area contributed by atoms with Crippen LogP contribution >= 0.6 is 0 Å². The molecule has 6 nitrogen and oxygen atoms in total. The SMILES string of the molecule is COc1ccc([C@@H]2CCCN2C(=O)C2CCN(S(=O)(=O)c3ccccc3F)CC2)cc1. The number of piperidine rings is 1. The van der Waals surface area contributed by atoms with Crippen molar-refractivity contribution >= 4 is 15.9 Å². The number of methoxy groups -OCH3 is 1. The molecular formula is C23H27FN2O4S. The highest BCUT2D eigenvalue weighted by Gasteiger charge is 2.38. The van der Waals surface area contributed by atoms with Crippen LogP contribution in [0.3, 0.4) is 0 Å². The van der Waals surface area contributed by atoms with Crippen molar-refractivity contribution in [2.24, 2.45) is 5.92 Å². The minimum Gasteiger partial charge on any atom is -0.497 e. The zero-order valence-electron chi connectivity index (χ0n) is 17.5. The molecule has 0 N–H and O–H groups in total. The van der Waals surface area contributed by atoms with Gasteiger partial charge in [0, 0.05) is 25.6 Å². The number of likely N-dealkylation sites (tertiary alicyclic amines) is 1. The lowest BCUT2D eigenvalue weighted by Crippen LogP contribution is -2.44. The first-order valence-corrected chi connectivity index (χ1v) is 12.0. The fourth-order valence-corrected chi connectivity index (χ4v) is 6.11. The zero-order valence-corrected chi connectivity index (χ0v) is 18.4. The summed E-state index contributed by atoms with van der Waals surface area (Å²) < 4.78 is 46.2. The maximum absolute atomic E-state index is 14.0. The molecule has 2 aliphatic heterocycles. The molecule has 0 aromatic heterocycles. The van der Waals surface area contributed by atoms with Crippen LogP contribution < -0.4 is 4.74 Å². The summed E-state index contributed by atoms with van der Waals surface area (Å²) in [7, 11) is -2.28. The zero-order chi connectivity index (χ0) is 22.0. The number of amides is 1. The number of hydrogen-bond donors (Lipinski definition) is 0. The first-order valence-electron chi connectivity index (χ1n) is 10.6. The molecule has 2 heterocycles. The van der Waals surface area contributed by atoms with Crippen molar-refractivity contribution in [3.63, 3.8) is 0 Å². The second-order valence-corrected chi connectivity index (χ2v) is 9.98. The van der Waals surface area contributed by atoms with Gasteiger partial charge in [-0.05, 0) is 55.5 Å². The molecule has 4 rings (SSSR count). The summed E-state index contributed by atoms with van der Waals surface area (Å²) in [6.45, 7) is 1.14. The van der Waals surface area contributed by atoms with Gasteiger partial charge in [-0.15, -0.1) is 0 Å². The molecule has 0 radical (unpaired) electrons. The molecule has 31 heavy (non-hydrogen) atoms. The topological polar surface area (TPSA) is 66.9 Å². The highest BCUT2D eigenvalue weighted by molar-refractivity contribution is 7.89. The third-order valence-corrected chi connectivity index (χ3v) is 8.23. The highest BCUT2D eigenvalue weighted by Crippen LogP contribution is 2.36. The summed E-state index contributed by atoms with van der Waals surface area (Å²) in [6, 6.07) is 13.3. The van der Waals surface area contributed by atoms with Gasteiger partial charge in [-0.1, -0.05) is 24.3 Å². The molecule has 2 aromatic rings. The number of benzene rings is 2. The fraction of sp³-hybridized carbons (Fsp3) is 0.435. The average Bonchev–Trinajstić information content (AvgIpc) is 3.29. The van der Waals surface area contributed by atoms with Crippen LogP contribution in [0.25, 0.3) is 0 Å². The largest absolute Gasteiger partial charge is 0.497 e. The van der Waals surface area contributed by atoms with Gasteiger partial charge in [0.2, 0.25) is 15.9 Å². The molecule has 1 amide bonds. The van der Waals surface area contributed by atoms with Crippen molar-refractivity contribution in [3.05, 3.63) is 59.9 Å². The van der Waals surface area contributed by atoms with Crippen molar-refractivity contribution in [2.45, 2.75) is 36.6 Å². The lowest BCUT2D eigenvalue weighted by Gasteiger charge is -2.34. The van der Waals surface area contributed by atoms with Crippen LogP contribution in [-0.4, -0.2) is 50.3 Å². The number of hydrogen-bond acceptors (Lipinski definition) is 4. The van der Waals surface area contributed by atoms with E-state index in [1.54, 1.807) is 7.11 Å². The number of nitrogens with zero attached hydrogens (tertiary/aromatic N) is 2. The first-order chi connectivity index (χ1) is 14.9. The Labute approximate surface area is 182 Å². The van der Waals surface area contributed by atoms with E-state index in [1.165, 1.54) is 22.5 Å². The number of halogens is 1. The molecular weight excluding hydrogens is 419 g/mol. The molecule has 0 unspecified atom stereocenters. The van der Waals surface area contributed by atoms with Gasteiger partial charge >= 0.3 is 0 Å². The standard InChI is InChI=1S/C23H27FN2O4S/c1-30-19-10-8-17(9-11-19)21-6-4-14-26(21)23(27)18-12-15-25(16-13-18)31(28,29)22-7-3-2-5-20(22)24/h2-3,5,7-11,18,21H,4,6,12-16H2,1H3/t21-/m0/s1. The van der Waals surface area contributed by atoms with Crippen molar-refractivity contribution in [3.8, 4) is 5.75 Å². The molecule has 2 aromatic carbocycles. The van der Waals surface area contributed by atoms with Crippen molar-refractivity contribution in [1.82, 2.24) is 9.21 Å². The third kappa shape index (κ3) is 4.32. The number of carbonyl (C=O) groups is 1. The number of carbonyl (C=O) groups excluding carboxylic acids is 1. The summed E-state index contributed by atoms with van der Waals surface area (Å²) in [5.41, 5.74) is 1.09. The Bertz CT molecular complexity index is 1030. The van der Waals surface area contributed by atoms with Gasteiger partial charge in [-0.2, -0.15) is 4.31 Å². The monoisotopic (exact) mass is 446 g/mol. The lowest BCUT2D eigenvalue weighted by molar-refractivity contribution is -0.137. The Kier molecular flexibility index (Phi) is 6.29. The van der Waals surface area contributed by atoms with Gasteiger partial charge < -0.3 is 9.64 Å². The molecule has 0 bridgehead atoms. The molecule has 1 atom stereocenters. The Morgan fingerprint density at radius 2 is 1.68 bits per heavy atom. The van der Waals surface area contributed by atoms with Gasteiger partial charge in [-0.25, -0.2) is 12.8 Å². The maximum Gasteiger partial charge on any atom is 0.245 e. The van der Waals surface area contributed by atoms with E-state index in [-0.39, 0.29) is 35.9 Å². The van der Waals surface area contributed by atoms with E-state index in [4.69, 9.17) is 4.74 Å². The Balaban J connectivity index is 1.42. The van der Waals surface area contributed by atoms with Gasteiger partial charge in [0.25, 0.3) is 0 Å². The average molecular weight is 447 g/mol. The quantitative estimate of drug-likeness (QED) is 0.704. The highest BCUT2D eigenvalue weighted by atomic mass is 32.2. The normalized spacial score (nSPS) is 20.7. The van der Waals surface area contributed by atoms with E-state index < -0.39 is 15.8 Å². The molecule has 8 heteroatoms. The first kappa shape index (κ1) is 21.8. The predicted molar refractivity (Wildman–Crippen MR) is 115 cm³/mol. The van der Waals surface area contributed by atoms with E-state index in [0.717, 1.165) is 30.2 Å². The Morgan fingerprint density at radius 3 is 2.32 bits per heavy atom. The molecule has 0 spiro atoms. The second-order valence-electron chi connectivity index (χ2n) is 8.07. The summed E-state index contributed by atoms with van der Waals surface area (Å²) in [6.07, 6.45) is 2.75. The van der Waals surface area contributed by atoms with Crippen molar-refractivity contribution in [1.29, 1.82) is 0 Å². The van der Waals surface area contributed by atoms with Crippen LogP contribution in [0.2, 0.25) is 0 Å². The van der Waals surface area contributed by atoms with Crippen LogP contribution in [0.1, 0.15) is 37.3 Å². The summed E-state index contributed by atoms with van der Waals surface area (Å²) >= 11 is 0. The van der Waals surface area contributed by atoms with E-state index >= 15 is 0 Å². The molecule has 0 aliphatic carbocycles. The van der Waals surface area contributed by atoms with Crippen LogP contribution in [0.5, 0.6) is 5.75 Å². The summed E-state index contributed by atoms with van der Waals surface area (Å²) in [5, 5.41) is 0. The molecule has 166 valence electrons. The number of ether oxygens (including phenoxy) is 1. The smallest absolute Gasteiger partial charge is 0.245 e. The predicted octanol–water partition coefficient (Wildman–Crippen LogP) is 3.60. The second kappa shape index (κ2) is 8.96. The van der Waals surface area contributed by atoms with Crippen LogP contribution in [0.15, 0.2) is 53.4 Å². The van der Waals surface area contributed by atoms with E-state index in [0.29, 0.717) is 19.4 Å². The maximum atomic E-state index is 14.0. The van der Waals surface area contributed by atoms with Crippen LogP contribution in [-0.2, 0) is 14.8 Å². The minimum atomic E-state index is -3.90. The minimum absolute atomic E-state index is 0.0404. The molecule has 2 aliphatic rings.